The van der Waals surface area contributed by atoms with Gasteiger partial charge in [0, 0.05) is 6.61 Å². The molecule has 1 aliphatic rings. The average molecular weight is 304 g/mol. The van der Waals surface area contributed by atoms with Gasteiger partial charge < -0.3 is 14.4 Å². The zero-order chi connectivity index (χ0) is 15.3. The lowest BCUT2D eigenvalue weighted by molar-refractivity contribution is -0.0636. The Morgan fingerprint density at radius 2 is 1.95 bits per heavy atom. The molecule has 7 heteroatoms. The summed E-state index contributed by atoms with van der Waals surface area (Å²) in [5, 5.41) is 13.1. The smallest absolute Gasteiger partial charge is 0.264 e. The van der Waals surface area contributed by atoms with Crippen LogP contribution in [0.2, 0.25) is 0 Å². The monoisotopic (exact) mass is 304 g/mol. The SMILES string of the molecule is CCOC1(c2noc(CC(O)C(F)F)n2)CCCCCC1. The van der Waals surface area contributed by atoms with Crippen LogP contribution in [0.5, 0.6) is 0 Å². The molecule has 1 aromatic rings. The molecular formula is C14H22F2N2O3. The molecule has 5 nitrogen and oxygen atoms in total. The minimum atomic E-state index is -2.82. The topological polar surface area (TPSA) is 68.4 Å². The molecule has 0 spiro atoms. The van der Waals surface area contributed by atoms with Crippen molar-refractivity contribution in [3.63, 3.8) is 0 Å². The maximum Gasteiger partial charge on any atom is 0.264 e. The Bertz CT molecular complexity index is 432. The Morgan fingerprint density at radius 3 is 2.52 bits per heavy atom. The van der Waals surface area contributed by atoms with E-state index in [-0.39, 0.29) is 12.3 Å². The average Bonchev–Trinajstić information content (AvgIpc) is 2.78. The van der Waals surface area contributed by atoms with Crippen molar-refractivity contribution in [3.05, 3.63) is 11.7 Å². The minimum absolute atomic E-state index is 0.0288. The number of halogens is 2. The molecule has 0 bridgehead atoms. The molecule has 1 unspecified atom stereocenters. The van der Waals surface area contributed by atoms with E-state index in [0.29, 0.717) is 12.4 Å². The molecule has 0 radical (unpaired) electrons. The molecule has 2 rings (SSSR count). The summed E-state index contributed by atoms with van der Waals surface area (Å²) in [7, 11) is 0. The number of aliphatic hydroxyl groups is 1. The number of ether oxygens (including phenoxy) is 1. The highest BCUT2D eigenvalue weighted by molar-refractivity contribution is 5.03. The van der Waals surface area contributed by atoms with Crippen molar-refractivity contribution < 1.29 is 23.1 Å². The van der Waals surface area contributed by atoms with Crippen molar-refractivity contribution in [3.8, 4) is 0 Å². The zero-order valence-corrected chi connectivity index (χ0v) is 12.2. The molecule has 1 N–H and O–H groups in total. The molecule has 0 amide bonds. The maximum absolute atomic E-state index is 12.4. The highest BCUT2D eigenvalue weighted by Crippen LogP contribution is 2.38. The second kappa shape index (κ2) is 7.26. The Balaban J connectivity index is 2.15. The van der Waals surface area contributed by atoms with Crippen LogP contribution in [-0.2, 0) is 16.8 Å². The number of alkyl halides is 2. The summed E-state index contributed by atoms with van der Waals surface area (Å²) in [5.74, 6) is 0.448. The molecule has 1 saturated carbocycles. The van der Waals surface area contributed by atoms with E-state index >= 15 is 0 Å². The number of hydrogen-bond donors (Lipinski definition) is 1. The first-order valence-electron chi connectivity index (χ1n) is 7.50. The highest BCUT2D eigenvalue weighted by atomic mass is 19.3. The van der Waals surface area contributed by atoms with E-state index in [1.54, 1.807) is 0 Å². The Morgan fingerprint density at radius 1 is 1.29 bits per heavy atom. The van der Waals surface area contributed by atoms with Crippen LogP contribution in [0.3, 0.4) is 0 Å². The highest BCUT2D eigenvalue weighted by Gasteiger charge is 2.38. The standard InChI is InChI=1S/C14H22F2N2O3/c1-2-20-14(7-5-3-4-6-8-14)13-17-11(21-18-13)9-10(19)12(15)16/h10,12,19H,2-9H2,1H3. The van der Waals surface area contributed by atoms with Gasteiger partial charge >= 0.3 is 0 Å². The first-order chi connectivity index (χ1) is 10.1. The lowest BCUT2D eigenvalue weighted by Gasteiger charge is -2.29. The van der Waals surface area contributed by atoms with Gasteiger partial charge in [-0.15, -0.1) is 0 Å². The molecule has 1 aliphatic carbocycles. The van der Waals surface area contributed by atoms with E-state index in [1.165, 1.54) is 0 Å². The molecule has 0 saturated heterocycles. The van der Waals surface area contributed by atoms with Gasteiger partial charge in [-0.05, 0) is 19.8 Å². The summed E-state index contributed by atoms with van der Waals surface area (Å²) in [6.45, 7) is 2.44. The number of hydrogen-bond acceptors (Lipinski definition) is 5. The van der Waals surface area contributed by atoms with Crippen molar-refractivity contribution >= 4 is 0 Å². The molecule has 1 heterocycles. The van der Waals surface area contributed by atoms with Crippen molar-refractivity contribution in [1.82, 2.24) is 10.1 Å². The van der Waals surface area contributed by atoms with Gasteiger partial charge in [-0.1, -0.05) is 30.8 Å². The molecule has 120 valence electrons. The van der Waals surface area contributed by atoms with E-state index in [4.69, 9.17) is 9.26 Å². The summed E-state index contributed by atoms with van der Waals surface area (Å²) in [5.41, 5.74) is -0.581. The van der Waals surface area contributed by atoms with Gasteiger partial charge in [0.15, 0.2) is 0 Å². The van der Waals surface area contributed by atoms with Gasteiger partial charge in [0.25, 0.3) is 6.43 Å². The Labute approximate surface area is 122 Å². The fraction of sp³-hybridized carbons (Fsp3) is 0.857. The fourth-order valence-electron chi connectivity index (χ4n) is 2.80. The predicted molar refractivity (Wildman–Crippen MR) is 71.0 cm³/mol. The van der Waals surface area contributed by atoms with Gasteiger partial charge in [0.2, 0.25) is 11.7 Å². The molecular weight excluding hydrogens is 282 g/mol. The molecule has 1 fully saturated rings. The van der Waals surface area contributed by atoms with Crippen molar-refractivity contribution in [1.29, 1.82) is 0 Å². The van der Waals surface area contributed by atoms with E-state index in [0.717, 1.165) is 38.5 Å². The lowest BCUT2D eigenvalue weighted by atomic mass is 9.93. The van der Waals surface area contributed by atoms with Crippen LogP contribution in [0.1, 0.15) is 57.2 Å². The number of nitrogens with zero attached hydrogens (tertiary/aromatic N) is 2. The van der Waals surface area contributed by atoms with Crippen molar-refractivity contribution in [2.75, 3.05) is 6.61 Å². The van der Waals surface area contributed by atoms with Gasteiger partial charge in [0.05, 0.1) is 6.42 Å². The molecule has 1 aromatic heterocycles. The largest absolute Gasteiger partial charge is 0.387 e. The van der Waals surface area contributed by atoms with Crippen LogP contribution in [0.15, 0.2) is 4.52 Å². The summed E-state index contributed by atoms with van der Waals surface area (Å²) in [4.78, 5) is 4.19. The van der Waals surface area contributed by atoms with Crippen molar-refractivity contribution in [2.24, 2.45) is 0 Å². The fourth-order valence-corrected chi connectivity index (χ4v) is 2.80. The van der Waals surface area contributed by atoms with E-state index in [9.17, 15) is 13.9 Å². The molecule has 0 aliphatic heterocycles. The second-order valence-electron chi connectivity index (χ2n) is 5.46. The van der Waals surface area contributed by atoms with Gasteiger partial charge in [-0.25, -0.2) is 8.78 Å². The summed E-state index contributed by atoms with van der Waals surface area (Å²) in [6, 6.07) is 0. The zero-order valence-electron chi connectivity index (χ0n) is 12.2. The van der Waals surface area contributed by atoms with Crippen LogP contribution in [-0.4, -0.2) is 34.4 Å². The minimum Gasteiger partial charge on any atom is -0.387 e. The number of aliphatic hydroxyl groups excluding tert-OH is 1. The third-order valence-electron chi connectivity index (χ3n) is 3.88. The van der Waals surface area contributed by atoms with Crippen molar-refractivity contribution in [2.45, 2.75) is 70.0 Å². The Hall–Kier alpha value is -1.08. The molecule has 1 atom stereocenters. The summed E-state index contributed by atoms with van der Waals surface area (Å²) < 4.78 is 35.6. The maximum atomic E-state index is 12.4. The van der Waals surface area contributed by atoms with Crippen LogP contribution in [0.4, 0.5) is 8.78 Å². The van der Waals surface area contributed by atoms with Gasteiger partial charge in [-0.2, -0.15) is 4.98 Å². The first kappa shape index (κ1) is 16.3. The van der Waals surface area contributed by atoms with Crippen LogP contribution >= 0.6 is 0 Å². The quantitative estimate of drug-likeness (QED) is 0.818. The van der Waals surface area contributed by atoms with Crippen LogP contribution < -0.4 is 0 Å². The summed E-state index contributed by atoms with van der Waals surface area (Å²) in [6.07, 6.45) is 0.983. The lowest BCUT2D eigenvalue weighted by Crippen LogP contribution is -2.31. The van der Waals surface area contributed by atoms with E-state index < -0.39 is 18.1 Å². The first-order valence-corrected chi connectivity index (χ1v) is 7.50. The summed E-state index contributed by atoms with van der Waals surface area (Å²) >= 11 is 0. The van der Waals surface area contributed by atoms with E-state index in [2.05, 4.69) is 10.1 Å². The molecule has 21 heavy (non-hydrogen) atoms. The van der Waals surface area contributed by atoms with E-state index in [1.807, 2.05) is 6.92 Å². The van der Waals surface area contributed by atoms with Crippen LogP contribution in [0.25, 0.3) is 0 Å². The normalized spacial score (nSPS) is 20.4. The van der Waals surface area contributed by atoms with Crippen LogP contribution in [0, 0.1) is 0 Å². The number of rotatable bonds is 6. The second-order valence-corrected chi connectivity index (χ2v) is 5.46. The van der Waals surface area contributed by atoms with Gasteiger partial charge in [0.1, 0.15) is 11.7 Å². The predicted octanol–water partition coefficient (Wildman–Crippen LogP) is 2.82. The third kappa shape index (κ3) is 3.97. The third-order valence-corrected chi connectivity index (χ3v) is 3.88. The molecule has 0 aromatic carbocycles. The number of aromatic nitrogens is 2. The Kier molecular flexibility index (Phi) is 5.64. The van der Waals surface area contributed by atoms with Gasteiger partial charge in [-0.3, -0.25) is 0 Å².